The molecule has 0 atom stereocenters. The Balaban J connectivity index is 2.05. The van der Waals surface area contributed by atoms with E-state index in [1.807, 2.05) is 24.3 Å². The van der Waals surface area contributed by atoms with Gasteiger partial charge in [-0.2, -0.15) is 0 Å². The summed E-state index contributed by atoms with van der Waals surface area (Å²) < 4.78 is 0. The second-order valence-electron chi connectivity index (χ2n) is 4.67. The van der Waals surface area contributed by atoms with Crippen LogP contribution < -0.4 is 11.1 Å². The van der Waals surface area contributed by atoms with Gasteiger partial charge in [0.1, 0.15) is 0 Å². The first kappa shape index (κ1) is 13.5. The fraction of sp³-hybridized carbons (Fsp3) is 0.429. The number of carbonyl (C=O) groups excluding carboxylic acids is 2. The van der Waals surface area contributed by atoms with Crippen LogP contribution in [0.5, 0.6) is 0 Å². The lowest BCUT2D eigenvalue weighted by Gasteiger charge is -2.19. The maximum atomic E-state index is 12.2. The molecular weight excluding hydrogens is 242 g/mol. The minimum Gasteiger partial charge on any atom is -0.354 e. The van der Waals surface area contributed by atoms with Gasteiger partial charge in [0.2, 0.25) is 11.8 Å². The van der Waals surface area contributed by atoms with E-state index in [1.165, 1.54) is 0 Å². The van der Waals surface area contributed by atoms with Crippen LogP contribution in [0.3, 0.4) is 0 Å². The van der Waals surface area contributed by atoms with Crippen molar-refractivity contribution in [2.24, 2.45) is 5.73 Å². The molecule has 0 spiro atoms. The van der Waals surface area contributed by atoms with Crippen LogP contribution in [0.1, 0.15) is 17.5 Å². The predicted octanol–water partition coefficient (Wildman–Crippen LogP) is 0.0363. The summed E-state index contributed by atoms with van der Waals surface area (Å²) in [5.41, 5.74) is 7.59. The number of nitrogens with two attached hydrogens (primary N) is 1. The van der Waals surface area contributed by atoms with Crippen LogP contribution in [0.15, 0.2) is 24.3 Å². The summed E-state index contributed by atoms with van der Waals surface area (Å²) in [5, 5.41) is 2.76. The molecule has 0 aliphatic carbocycles. The van der Waals surface area contributed by atoms with E-state index in [9.17, 15) is 9.59 Å². The maximum absolute atomic E-state index is 12.2. The van der Waals surface area contributed by atoms with Gasteiger partial charge in [0.15, 0.2) is 0 Å². The summed E-state index contributed by atoms with van der Waals surface area (Å²) in [6.07, 6.45) is 1.11. The molecule has 0 unspecified atom stereocenters. The van der Waals surface area contributed by atoms with Gasteiger partial charge in [-0.1, -0.05) is 24.3 Å². The molecule has 5 nitrogen and oxygen atoms in total. The Morgan fingerprint density at radius 1 is 1.32 bits per heavy atom. The summed E-state index contributed by atoms with van der Waals surface area (Å²) in [4.78, 5) is 25.3. The van der Waals surface area contributed by atoms with Crippen LogP contribution >= 0.6 is 0 Å². The summed E-state index contributed by atoms with van der Waals surface area (Å²) >= 11 is 0. The van der Waals surface area contributed by atoms with Crippen molar-refractivity contribution in [1.29, 1.82) is 0 Å². The highest BCUT2D eigenvalue weighted by molar-refractivity contribution is 5.86. The third-order valence-corrected chi connectivity index (χ3v) is 3.29. The highest BCUT2D eigenvalue weighted by Crippen LogP contribution is 2.11. The molecule has 1 saturated heterocycles. The van der Waals surface area contributed by atoms with E-state index >= 15 is 0 Å². The van der Waals surface area contributed by atoms with Crippen LogP contribution in [-0.4, -0.2) is 36.3 Å². The van der Waals surface area contributed by atoms with Crippen LogP contribution in [0.25, 0.3) is 0 Å². The summed E-state index contributed by atoms with van der Waals surface area (Å²) in [7, 11) is 0. The Kier molecular flexibility index (Phi) is 4.52. The predicted molar refractivity (Wildman–Crippen MR) is 72.2 cm³/mol. The van der Waals surface area contributed by atoms with Crippen molar-refractivity contribution < 1.29 is 9.59 Å². The summed E-state index contributed by atoms with van der Waals surface area (Å²) in [5.74, 6) is -0.101. The van der Waals surface area contributed by atoms with Crippen LogP contribution in [0.4, 0.5) is 0 Å². The summed E-state index contributed by atoms with van der Waals surface area (Å²) in [6.45, 7) is 1.85. The van der Waals surface area contributed by atoms with Gasteiger partial charge in [-0.25, -0.2) is 0 Å². The number of hydrogen-bond acceptors (Lipinski definition) is 3. The van der Waals surface area contributed by atoms with Gasteiger partial charge in [-0.3, -0.25) is 9.59 Å². The molecule has 2 amide bonds. The van der Waals surface area contributed by atoms with E-state index in [0.717, 1.165) is 17.5 Å². The van der Waals surface area contributed by atoms with E-state index in [-0.39, 0.29) is 18.4 Å². The molecule has 0 saturated carbocycles. The fourth-order valence-electron chi connectivity index (χ4n) is 2.22. The molecule has 1 heterocycles. The van der Waals surface area contributed by atoms with Crippen LogP contribution in [-0.2, 0) is 22.6 Å². The fourth-order valence-corrected chi connectivity index (χ4v) is 2.22. The van der Waals surface area contributed by atoms with Gasteiger partial charge in [0.05, 0.1) is 13.0 Å². The van der Waals surface area contributed by atoms with Crippen LogP contribution in [0, 0.1) is 0 Å². The van der Waals surface area contributed by atoms with Gasteiger partial charge < -0.3 is 16.0 Å². The third-order valence-electron chi connectivity index (χ3n) is 3.29. The normalized spacial score (nSPS) is 15.8. The largest absolute Gasteiger partial charge is 0.354 e. The SMILES string of the molecule is NCc1ccccc1CC(=O)N1CCCNC(=O)C1. The average Bonchev–Trinajstić information content (AvgIpc) is 2.64. The standard InChI is InChI=1S/C14H19N3O2/c15-9-12-5-2-1-4-11(12)8-14(19)17-7-3-6-16-13(18)10-17/h1-2,4-5H,3,6-10,15H2,(H,16,18). The monoisotopic (exact) mass is 261 g/mol. The lowest BCUT2D eigenvalue weighted by atomic mass is 10.0. The van der Waals surface area contributed by atoms with Crippen molar-refractivity contribution in [2.75, 3.05) is 19.6 Å². The molecule has 1 aliphatic heterocycles. The van der Waals surface area contributed by atoms with Crippen molar-refractivity contribution in [3.05, 3.63) is 35.4 Å². The number of nitrogens with zero attached hydrogens (tertiary/aromatic N) is 1. The number of amides is 2. The van der Waals surface area contributed by atoms with E-state index in [4.69, 9.17) is 5.73 Å². The molecule has 0 bridgehead atoms. The van der Waals surface area contributed by atoms with Crippen molar-refractivity contribution in [1.82, 2.24) is 10.2 Å². The lowest BCUT2D eigenvalue weighted by molar-refractivity contribution is -0.134. The Morgan fingerprint density at radius 3 is 2.79 bits per heavy atom. The lowest BCUT2D eigenvalue weighted by Crippen LogP contribution is -2.38. The summed E-state index contributed by atoms with van der Waals surface area (Å²) in [6, 6.07) is 7.65. The smallest absolute Gasteiger partial charge is 0.239 e. The third kappa shape index (κ3) is 3.54. The van der Waals surface area contributed by atoms with Crippen molar-refractivity contribution in [3.8, 4) is 0 Å². The van der Waals surface area contributed by atoms with Crippen LogP contribution in [0.2, 0.25) is 0 Å². The van der Waals surface area contributed by atoms with Gasteiger partial charge in [-0.15, -0.1) is 0 Å². The second kappa shape index (κ2) is 6.33. The molecule has 3 N–H and O–H groups in total. The van der Waals surface area contributed by atoms with E-state index in [1.54, 1.807) is 4.90 Å². The average molecular weight is 261 g/mol. The maximum Gasteiger partial charge on any atom is 0.239 e. The van der Waals surface area contributed by atoms with Crippen molar-refractivity contribution in [3.63, 3.8) is 0 Å². The molecular formula is C14H19N3O2. The van der Waals surface area contributed by atoms with E-state index in [2.05, 4.69) is 5.32 Å². The molecule has 0 aromatic heterocycles. The molecule has 0 radical (unpaired) electrons. The van der Waals surface area contributed by atoms with E-state index < -0.39 is 0 Å². The Hall–Kier alpha value is -1.88. The first-order chi connectivity index (χ1) is 9.20. The van der Waals surface area contributed by atoms with Gasteiger partial charge >= 0.3 is 0 Å². The first-order valence-corrected chi connectivity index (χ1v) is 6.52. The minimum atomic E-state index is -0.0852. The Labute approximate surface area is 112 Å². The zero-order valence-corrected chi connectivity index (χ0v) is 10.9. The van der Waals surface area contributed by atoms with Crippen molar-refractivity contribution >= 4 is 11.8 Å². The zero-order valence-electron chi connectivity index (χ0n) is 10.9. The molecule has 5 heteroatoms. The molecule has 19 heavy (non-hydrogen) atoms. The quantitative estimate of drug-likeness (QED) is 0.806. The van der Waals surface area contributed by atoms with Gasteiger partial charge in [0.25, 0.3) is 0 Å². The topological polar surface area (TPSA) is 75.4 Å². The van der Waals surface area contributed by atoms with Gasteiger partial charge in [-0.05, 0) is 17.5 Å². The van der Waals surface area contributed by atoms with Crippen molar-refractivity contribution in [2.45, 2.75) is 19.4 Å². The Bertz CT molecular complexity index is 474. The Morgan fingerprint density at radius 2 is 2.05 bits per heavy atom. The highest BCUT2D eigenvalue weighted by atomic mass is 16.2. The molecule has 1 aromatic rings. The molecule has 2 rings (SSSR count). The molecule has 102 valence electrons. The first-order valence-electron chi connectivity index (χ1n) is 6.52. The highest BCUT2D eigenvalue weighted by Gasteiger charge is 2.20. The number of nitrogens with one attached hydrogen (secondary N) is 1. The molecule has 1 aromatic carbocycles. The number of rotatable bonds is 3. The molecule has 1 aliphatic rings. The number of benzene rings is 1. The molecule has 1 fully saturated rings. The second-order valence-corrected chi connectivity index (χ2v) is 4.67. The van der Waals surface area contributed by atoms with E-state index in [0.29, 0.717) is 26.1 Å². The minimum absolute atomic E-state index is 0.0158. The van der Waals surface area contributed by atoms with Gasteiger partial charge in [0, 0.05) is 19.6 Å². The number of hydrogen-bond donors (Lipinski definition) is 2. The zero-order chi connectivity index (χ0) is 13.7. The number of carbonyl (C=O) groups is 2.